The van der Waals surface area contributed by atoms with Crippen LogP contribution in [-0.4, -0.2) is 61.1 Å². The van der Waals surface area contributed by atoms with Gasteiger partial charge in [0.25, 0.3) is 0 Å². The lowest BCUT2D eigenvalue weighted by Gasteiger charge is -2.25. The van der Waals surface area contributed by atoms with Gasteiger partial charge < -0.3 is 15.2 Å². The molecule has 0 spiro atoms. The van der Waals surface area contributed by atoms with Gasteiger partial charge in [-0.15, -0.1) is 5.10 Å². The Hall–Kier alpha value is -2.78. The minimum Gasteiger partial charge on any atom is -0.393 e. The minimum absolute atomic E-state index is 0.0763. The molecule has 1 aliphatic carbocycles. The summed E-state index contributed by atoms with van der Waals surface area (Å²) in [4.78, 5) is 16.8. The molecule has 34 heavy (non-hydrogen) atoms. The molecular formula is C25H36N6O3. The van der Waals surface area contributed by atoms with E-state index in [0.29, 0.717) is 30.8 Å². The number of anilines is 1. The lowest BCUT2D eigenvalue weighted by atomic mass is 9.85. The first-order chi connectivity index (χ1) is 16.3. The zero-order chi connectivity index (χ0) is 24.2. The Labute approximate surface area is 200 Å². The number of fused-ring (bicyclic) bond motifs is 1. The fraction of sp³-hybridized carbons (Fsp3) is 0.600. The van der Waals surface area contributed by atoms with Crippen LogP contribution in [0, 0.1) is 5.92 Å². The maximum absolute atomic E-state index is 12.3. The van der Waals surface area contributed by atoms with Crippen LogP contribution in [0.25, 0.3) is 16.6 Å². The molecule has 4 rings (SSSR count). The molecule has 1 fully saturated rings. The first-order valence-corrected chi connectivity index (χ1v) is 12.2. The highest BCUT2D eigenvalue weighted by molar-refractivity contribution is 5.82. The lowest BCUT2D eigenvalue weighted by Crippen LogP contribution is -2.23. The summed E-state index contributed by atoms with van der Waals surface area (Å²) in [7, 11) is 1.67. The monoisotopic (exact) mass is 468 g/mol. The van der Waals surface area contributed by atoms with E-state index in [1.165, 1.54) is 0 Å². The average Bonchev–Trinajstić information content (AvgIpc) is 3.38. The number of nitrogens with zero attached hydrogens (tertiary/aromatic N) is 5. The molecule has 0 unspecified atom stereocenters. The number of ketones is 1. The molecule has 0 aromatic carbocycles. The van der Waals surface area contributed by atoms with E-state index in [9.17, 15) is 9.90 Å². The van der Waals surface area contributed by atoms with Crippen molar-refractivity contribution in [1.82, 2.24) is 24.4 Å². The van der Waals surface area contributed by atoms with Crippen LogP contribution in [0.2, 0.25) is 0 Å². The van der Waals surface area contributed by atoms with Gasteiger partial charge in [0.2, 0.25) is 5.95 Å². The van der Waals surface area contributed by atoms with Crippen LogP contribution < -0.4 is 5.32 Å². The zero-order valence-electron chi connectivity index (χ0n) is 20.6. The van der Waals surface area contributed by atoms with E-state index in [2.05, 4.69) is 21.5 Å². The number of carbonyl (C=O) groups is 1. The van der Waals surface area contributed by atoms with Crippen LogP contribution in [0.4, 0.5) is 5.95 Å². The molecule has 0 amide bonds. The van der Waals surface area contributed by atoms with Crippen LogP contribution >= 0.6 is 0 Å². The van der Waals surface area contributed by atoms with Crippen molar-refractivity contribution in [2.75, 3.05) is 19.0 Å². The van der Waals surface area contributed by atoms with Crippen molar-refractivity contribution in [2.45, 2.75) is 77.5 Å². The predicted octanol–water partition coefficient (Wildman–Crippen LogP) is 3.67. The highest BCUT2D eigenvalue weighted by Gasteiger charge is 2.26. The molecule has 3 aromatic rings. The van der Waals surface area contributed by atoms with Crippen molar-refractivity contribution in [2.24, 2.45) is 5.92 Å². The maximum Gasteiger partial charge on any atom is 0.241 e. The number of rotatable bonds is 10. The Morgan fingerprint density at radius 2 is 2.00 bits per heavy atom. The van der Waals surface area contributed by atoms with E-state index in [4.69, 9.17) is 9.84 Å². The third-order valence-corrected chi connectivity index (χ3v) is 6.37. The van der Waals surface area contributed by atoms with Crippen LogP contribution in [0.15, 0.2) is 24.7 Å². The molecule has 2 N–H and O–H groups in total. The normalized spacial score (nSPS) is 19.6. The number of methoxy groups -OCH3 is 1. The summed E-state index contributed by atoms with van der Waals surface area (Å²) in [6.45, 7) is 6.95. The van der Waals surface area contributed by atoms with Crippen molar-refractivity contribution >= 4 is 17.2 Å². The Morgan fingerprint density at radius 1 is 1.24 bits per heavy atom. The van der Waals surface area contributed by atoms with Gasteiger partial charge in [0, 0.05) is 48.5 Å². The van der Waals surface area contributed by atoms with Crippen LogP contribution in [0.1, 0.15) is 64.5 Å². The summed E-state index contributed by atoms with van der Waals surface area (Å²) >= 11 is 0. The van der Waals surface area contributed by atoms with Crippen molar-refractivity contribution in [3.8, 4) is 11.1 Å². The second kappa shape index (κ2) is 10.7. The van der Waals surface area contributed by atoms with Crippen LogP contribution in [-0.2, 0) is 16.1 Å². The van der Waals surface area contributed by atoms with E-state index in [1.807, 2.05) is 37.7 Å². The molecule has 1 atom stereocenters. The molecule has 0 saturated heterocycles. The molecule has 9 nitrogen and oxygen atoms in total. The van der Waals surface area contributed by atoms with Gasteiger partial charge in [-0.2, -0.15) is 5.10 Å². The first-order valence-electron chi connectivity index (χ1n) is 12.2. The smallest absolute Gasteiger partial charge is 0.241 e. The second-order valence-electron chi connectivity index (χ2n) is 9.93. The number of ether oxygens (including phenoxy) is 1. The summed E-state index contributed by atoms with van der Waals surface area (Å²) in [6, 6.07) is 2.25. The third kappa shape index (κ3) is 5.64. The largest absolute Gasteiger partial charge is 0.393 e. The van der Waals surface area contributed by atoms with Crippen molar-refractivity contribution in [3.63, 3.8) is 0 Å². The molecule has 1 aliphatic rings. The number of Topliss-reactive ketones (excluding diaryl/α,β-unsaturated/α-hetero) is 1. The SMILES string of the molecule is COC[C@H](C)Nc1ncc2c(-c3cnn(CC(=O)CC(C)C)c3)cc(C3CCC(O)CC3)n2n1. The Bertz CT molecular complexity index is 1110. The molecule has 0 radical (unpaired) electrons. The number of aromatic nitrogens is 5. The van der Waals surface area contributed by atoms with Crippen molar-refractivity contribution < 1.29 is 14.6 Å². The van der Waals surface area contributed by atoms with E-state index in [0.717, 1.165) is 48.0 Å². The van der Waals surface area contributed by atoms with Gasteiger partial charge in [-0.3, -0.25) is 9.48 Å². The maximum atomic E-state index is 12.3. The molecular weight excluding hydrogens is 432 g/mol. The molecule has 9 heteroatoms. The molecule has 3 aromatic heterocycles. The number of nitrogens with one attached hydrogen (secondary N) is 1. The minimum atomic E-state index is -0.217. The highest BCUT2D eigenvalue weighted by Crippen LogP contribution is 2.37. The van der Waals surface area contributed by atoms with Gasteiger partial charge in [-0.05, 0) is 44.6 Å². The molecule has 184 valence electrons. The Balaban J connectivity index is 1.67. The van der Waals surface area contributed by atoms with Gasteiger partial charge in [0.05, 0.1) is 37.2 Å². The third-order valence-electron chi connectivity index (χ3n) is 6.37. The fourth-order valence-electron chi connectivity index (χ4n) is 4.78. The summed E-state index contributed by atoms with van der Waals surface area (Å²) in [5.41, 5.74) is 3.96. The van der Waals surface area contributed by atoms with Crippen molar-refractivity contribution in [3.05, 3.63) is 30.4 Å². The van der Waals surface area contributed by atoms with Gasteiger partial charge >= 0.3 is 0 Å². The van der Waals surface area contributed by atoms with E-state index in [1.54, 1.807) is 18.0 Å². The topological polar surface area (TPSA) is 107 Å². The summed E-state index contributed by atoms with van der Waals surface area (Å²) in [6.07, 6.45) is 9.33. The Kier molecular flexibility index (Phi) is 7.63. The summed E-state index contributed by atoms with van der Waals surface area (Å²) < 4.78 is 8.91. The number of hydrogen-bond donors (Lipinski definition) is 2. The molecule has 0 aliphatic heterocycles. The zero-order valence-corrected chi connectivity index (χ0v) is 20.6. The lowest BCUT2D eigenvalue weighted by molar-refractivity contribution is -0.120. The standard InChI is InChI=1S/C25H36N6O3/c1-16(2)9-21(33)14-30-13-19(11-27-30)22-10-23(18-5-7-20(32)8-6-18)31-24(22)12-26-25(29-31)28-17(3)15-34-4/h10-13,16-18,20,32H,5-9,14-15H2,1-4H3,(H,28,29)/t17-,18?,20?/m0/s1. The number of aliphatic hydroxyl groups excluding tert-OH is 1. The average molecular weight is 469 g/mol. The van der Waals surface area contributed by atoms with E-state index >= 15 is 0 Å². The summed E-state index contributed by atoms with van der Waals surface area (Å²) in [5, 5.41) is 22.6. The number of aliphatic hydroxyl groups is 1. The molecule has 1 saturated carbocycles. The van der Waals surface area contributed by atoms with Gasteiger partial charge in [-0.1, -0.05) is 13.8 Å². The first kappa shape index (κ1) is 24.3. The van der Waals surface area contributed by atoms with Gasteiger partial charge in [0.1, 0.15) is 0 Å². The fourth-order valence-corrected chi connectivity index (χ4v) is 4.78. The van der Waals surface area contributed by atoms with Gasteiger partial charge in [-0.25, -0.2) is 9.50 Å². The summed E-state index contributed by atoms with van der Waals surface area (Å²) in [5.74, 6) is 1.37. The molecule has 3 heterocycles. The van der Waals surface area contributed by atoms with Crippen LogP contribution in [0.5, 0.6) is 0 Å². The predicted molar refractivity (Wildman–Crippen MR) is 131 cm³/mol. The number of carbonyl (C=O) groups excluding carboxylic acids is 1. The van der Waals surface area contributed by atoms with Crippen molar-refractivity contribution in [1.29, 1.82) is 0 Å². The van der Waals surface area contributed by atoms with Gasteiger partial charge in [0.15, 0.2) is 5.78 Å². The highest BCUT2D eigenvalue weighted by atomic mass is 16.5. The van der Waals surface area contributed by atoms with E-state index in [-0.39, 0.29) is 24.5 Å². The second-order valence-corrected chi connectivity index (χ2v) is 9.93. The van der Waals surface area contributed by atoms with E-state index < -0.39 is 0 Å². The van der Waals surface area contributed by atoms with Crippen LogP contribution in [0.3, 0.4) is 0 Å². The quantitative estimate of drug-likeness (QED) is 0.467. The number of hydrogen-bond acceptors (Lipinski definition) is 7. The molecule has 0 bridgehead atoms. The Morgan fingerprint density at radius 3 is 2.71 bits per heavy atom.